The average Bonchev–Trinajstić information content (AvgIpc) is 2.41. The van der Waals surface area contributed by atoms with Crippen LogP contribution >= 0.6 is 0 Å². The lowest BCUT2D eigenvalue weighted by Gasteiger charge is -2.32. The average molecular weight is 249 g/mol. The van der Waals surface area contributed by atoms with E-state index in [1.54, 1.807) is 13.2 Å². The lowest BCUT2D eigenvalue weighted by molar-refractivity contribution is 0.00200. The van der Waals surface area contributed by atoms with Crippen molar-refractivity contribution in [2.45, 2.75) is 13.0 Å². The summed E-state index contributed by atoms with van der Waals surface area (Å²) >= 11 is 0. The first-order valence-electron chi connectivity index (χ1n) is 6.20. The fraction of sp³-hybridized carbons (Fsp3) is 0.500. The number of hydrogen-bond donors (Lipinski definition) is 0. The molecular formula is C14H19NO3. The summed E-state index contributed by atoms with van der Waals surface area (Å²) in [6.07, 6.45) is 0. The Bertz CT molecular complexity index is 419. The van der Waals surface area contributed by atoms with E-state index in [-0.39, 0.29) is 5.78 Å². The molecule has 0 radical (unpaired) electrons. The molecule has 1 saturated heterocycles. The van der Waals surface area contributed by atoms with Gasteiger partial charge in [0, 0.05) is 18.2 Å². The number of benzene rings is 1. The molecule has 0 saturated carbocycles. The second-order valence-electron chi connectivity index (χ2n) is 4.55. The first-order chi connectivity index (χ1) is 8.70. The van der Waals surface area contributed by atoms with Gasteiger partial charge in [0.05, 0.1) is 26.9 Å². The standard InChI is InChI=1S/C14H19NO3/c1-11-10-18-7-6-15(11)9-14(16)12-4-3-5-13(8-12)17-2/h3-5,8,11H,6-7,9-10H2,1-2H3. The van der Waals surface area contributed by atoms with E-state index < -0.39 is 0 Å². The van der Waals surface area contributed by atoms with E-state index in [1.807, 2.05) is 18.2 Å². The maximum atomic E-state index is 12.2. The number of rotatable bonds is 4. The second kappa shape index (κ2) is 5.98. The Kier molecular flexibility index (Phi) is 4.33. The van der Waals surface area contributed by atoms with E-state index in [1.165, 1.54) is 0 Å². The third kappa shape index (κ3) is 3.09. The Morgan fingerprint density at radius 2 is 2.39 bits per heavy atom. The molecular weight excluding hydrogens is 230 g/mol. The van der Waals surface area contributed by atoms with Crippen LogP contribution in [0.15, 0.2) is 24.3 Å². The summed E-state index contributed by atoms with van der Waals surface area (Å²) in [6, 6.07) is 7.60. The fourth-order valence-corrected chi connectivity index (χ4v) is 2.07. The Balaban J connectivity index is 2.02. The van der Waals surface area contributed by atoms with Crippen LogP contribution in [0.5, 0.6) is 5.75 Å². The monoisotopic (exact) mass is 249 g/mol. The number of hydrogen-bond acceptors (Lipinski definition) is 4. The summed E-state index contributed by atoms with van der Waals surface area (Å²) in [4.78, 5) is 14.3. The molecule has 1 unspecified atom stereocenters. The maximum absolute atomic E-state index is 12.2. The molecule has 2 rings (SSSR count). The number of ether oxygens (including phenoxy) is 2. The molecule has 4 heteroatoms. The Morgan fingerprint density at radius 3 is 3.11 bits per heavy atom. The minimum Gasteiger partial charge on any atom is -0.497 e. The molecule has 98 valence electrons. The number of morpholine rings is 1. The summed E-state index contributed by atoms with van der Waals surface area (Å²) in [5.41, 5.74) is 0.702. The van der Waals surface area contributed by atoms with Crippen LogP contribution < -0.4 is 4.74 Å². The van der Waals surface area contributed by atoms with Crippen LogP contribution in [0.1, 0.15) is 17.3 Å². The van der Waals surface area contributed by atoms with Crippen LogP contribution in [-0.2, 0) is 4.74 Å². The zero-order valence-electron chi connectivity index (χ0n) is 10.9. The summed E-state index contributed by atoms with van der Waals surface area (Å²) in [7, 11) is 1.60. The Hall–Kier alpha value is -1.39. The van der Waals surface area contributed by atoms with Crippen LogP contribution in [0.3, 0.4) is 0 Å². The highest BCUT2D eigenvalue weighted by atomic mass is 16.5. The smallest absolute Gasteiger partial charge is 0.176 e. The van der Waals surface area contributed by atoms with E-state index in [4.69, 9.17) is 9.47 Å². The van der Waals surface area contributed by atoms with Gasteiger partial charge in [-0.15, -0.1) is 0 Å². The normalized spacial score (nSPS) is 20.7. The molecule has 1 aromatic rings. The van der Waals surface area contributed by atoms with Crippen molar-refractivity contribution in [1.82, 2.24) is 4.90 Å². The van der Waals surface area contributed by atoms with Gasteiger partial charge in [0.1, 0.15) is 5.75 Å². The fourth-order valence-electron chi connectivity index (χ4n) is 2.07. The molecule has 1 fully saturated rings. The second-order valence-corrected chi connectivity index (χ2v) is 4.55. The van der Waals surface area contributed by atoms with Gasteiger partial charge in [-0.25, -0.2) is 0 Å². The van der Waals surface area contributed by atoms with Crippen molar-refractivity contribution in [3.8, 4) is 5.75 Å². The van der Waals surface area contributed by atoms with Gasteiger partial charge < -0.3 is 9.47 Å². The van der Waals surface area contributed by atoms with Crippen LogP contribution in [0.4, 0.5) is 0 Å². The van der Waals surface area contributed by atoms with Gasteiger partial charge in [0.2, 0.25) is 0 Å². The number of ketones is 1. The quantitative estimate of drug-likeness (QED) is 0.760. The Labute approximate surface area is 107 Å². The summed E-state index contributed by atoms with van der Waals surface area (Å²) < 4.78 is 10.5. The van der Waals surface area contributed by atoms with Crippen LogP contribution in [0, 0.1) is 0 Å². The van der Waals surface area contributed by atoms with Gasteiger partial charge in [0.15, 0.2) is 5.78 Å². The molecule has 1 heterocycles. The number of methoxy groups -OCH3 is 1. The molecule has 0 bridgehead atoms. The SMILES string of the molecule is COc1cccc(C(=O)CN2CCOCC2C)c1. The van der Waals surface area contributed by atoms with Gasteiger partial charge in [-0.1, -0.05) is 12.1 Å². The number of Topliss-reactive ketones (excluding diaryl/α,β-unsaturated/α-hetero) is 1. The van der Waals surface area contributed by atoms with Crippen molar-refractivity contribution in [3.05, 3.63) is 29.8 Å². The molecule has 1 atom stereocenters. The van der Waals surface area contributed by atoms with Gasteiger partial charge in [-0.2, -0.15) is 0 Å². The lowest BCUT2D eigenvalue weighted by Crippen LogP contribution is -2.45. The van der Waals surface area contributed by atoms with Crippen molar-refractivity contribution in [1.29, 1.82) is 0 Å². The van der Waals surface area contributed by atoms with Crippen molar-refractivity contribution in [2.24, 2.45) is 0 Å². The molecule has 0 amide bonds. The molecule has 1 aliphatic rings. The van der Waals surface area contributed by atoms with Crippen LogP contribution in [-0.4, -0.2) is 50.1 Å². The highest BCUT2D eigenvalue weighted by molar-refractivity contribution is 5.98. The van der Waals surface area contributed by atoms with Gasteiger partial charge >= 0.3 is 0 Å². The van der Waals surface area contributed by atoms with E-state index in [0.717, 1.165) is 12.3 Å². The number of nitrogens with zero attached hydrogens (tertiary/aromatic N) is 1. The van der Waals surface area contributed by atoms with Crippen molar-refractivity contribution >= 4 is 5.78 Å². The van der Waals surface area contributed by atoms with Crippen LogP contribution in [0.25, 0.3) is 0 Å². The van der Waals surface area contributed by atoms with Crippen molar-refractivity contribution < 1.29 is 14.3 Å². The molecule has 1 aliphatic heterocycles. The van der Waals surface area contributed by atoms with E-state index in [9.17, 15) is 4.79 Å². The first kappa shape index (κ1) is 13.1. The number of carbonyl (C=O) groups is 1. The molecule has 0 spiro atoms. The molecule has 1 aromatic carbocycles. The third-order valence-electron chi connectivity index (χ3n) is 3.24. The minimum atomic E-state index is 0.127. The predicted molar refractivity (Wildman–Crippen MR) is 69.2 cm³/mol. The van der Waals surface area contributed by atoms with Gasteiger partial charge in [0.25, 0.3) is 0 Å². The summed E-state index contributed by atoms with van der Waals surface area (Å²) in [5, 5.41) is 0. The van der Waals surface area contributed by atoms with E-state index in [0.29, 0.717) is 31.4 Å². The highest BCUT2D eigenvalue weighted by Gasteiger charge is 2.21. The van der Waals surface area contributed by atoms with Crippen molar-refractivity contribution in [2.75, 3.05) is 33.4 Å². The first-order valence-corrected chi connectivity index (χ1v) is 6.20. The zero-order chi connectivity index (χ0) is 13.0. The van der Waals surface area contributed by atoms with Crippen LogP contribution in [0.2, 0.25) is 0 Å². The molecule has 0 aliphatic carbocycles. The predicted octanol–water partition coefficient (Wildman–Crippen LogP) is 1.60. The molecule has 4 nitrogen and oxygen atoms in total. The zero-order valence-corrected chi connectivity index (χ0v) is 10.9. The summed E-state index contributed by atoms with van der Waals surface area (Å²) in [5.74, 6) is 0.846. The lowest BCUT2D eigenvalue weighted by atomic mass is 10.1. The van der Waals surface area contributed by atoms with Crippen molar-refractivity contribution in [3.63, 3.8) is 0 Å². The third-order valence-corrected chi connectivity index (χ3v) is 3.24. The minimum absolute atomic E-state index is 0.127. The number of carbonyl (C=O) groups excluding carboxylic acids is 1. The topological polar surface area (TPSA) is 38.8 Å². The molecule has 18 heavy (non-hydrogen) atoms. The molecule has 0 aromatic heterocycles. The molecule has 0 N–H and O–H groups in total. The Morgan fingerprint density at radius 1 is 1.56 bits per heavy atom. The van der Waals surface area contributed by atoms with E-state index in [2.05, 4.69) is 11.8 Å². The largest absolute Gasteiger partial charge is 0.497 e. The summed E-state index contributed by atoms with van der Waals surface area (Å²) in [6.45, 7) is 4.74. The van der Waals surface area contributed by atoms with E-state index >= 15 is 0 Å². The maximum Gasteiger partial charge on any atom is 0.176 e. The van der Waals surface area contributed by atoms with Gasteiger partial charge in [-0.05, 0) is 19.1 Å². The highest BCUT2D eigenvalue weighted by Crippen LogP contribution is 2.14. The van der Waals surface area contributed by atoms with Gasteiger partial charge in [-0.3, -0.25) is 9.69 Å².